The molecule has 1 atom stereocenters. The minimum Gasteiger partial charge on any atom is -0.305 e. The van der Waals surface area contributed by atoms with E-state index >= 15 is 0 Å². The van der Waals surface area contributed by atoms with Gasteiger partial charge in [-0.3, -0.25) is 14.5 Å². The van der Waals surface area contributed by atoms with Crippen LogP contribution < -0.4 is 5.32 Å². The molecule has 1 aromatic carbocycles. The number of rotatable bonds is 6. The zero-order chi connectivity index (χ0) is 14.5. The summed E-state index contributed by atoms with van der Waals surface area (Å²) in [5, 5.41) is 3.08. The summed E-state index contributed by atoms with van der Waals surface area (Å²) in [5.74, 6) is -0.514. The first-order valence-corrected chi connectivity index (χ1v) is 6.94. The van der Waals surface area contributed by atoms with E-state index < -0.39 is 6.04 Å². The van der Waals surface area contributed by atoms with Gasteiger partial charge in [-0.1, -0.05) is 19.1 Å². The second-order valence-corrected chi connectivity index (χ2v) is 4.97. The van der Waals surface area contributed by atoms with Crippen molar-refractivity contribution in [2.75, 3.05) is 13.1 Å². The molecule has 20 heavy (non-hydrogen) atoms. The Morgan fingerprint density at radius 2 is 2.20 bits per heavy atom. The molecule has 1 aromatic rings. The van der Waals surface area contributed by atoms with E-state index in [0.717, 1.165) is 12.0 Å². The highest BCUT2D eigenvalue weighted by Gasteiger charge is 2.37. The van der Waals surface area contributed by atoms with E-state index in [4.69, 9.17) is 0 Å². The van der Waals surface area contributed by atoms with Crippen molar-refractivity contribution in [3.8, 4) is 0 Å². The lowest BCUT2D eigenvalue weighted by atomic mass is 10.1. The number of carbonyl (C=O) groups is 2. The summed E-state index contributed by atoms with van der Waals surface area (Å²) in [6.07, 6.45) is 1.62. The van der Waals surface area contributed by atoms with Gasteiger partial charge in [0.1, 0.15) is 5.82 Å². The van der Waals surface area contributed by atoms with Gasteiger partial charge in [-0.15, -0.1) is 0 Å². The molecule has 1 N–H and O–H groups in total. The van der Waals surface area contributed by atoms with Crippen molar-refractivity contribution in [3.63, 3.8) is 0 Å². The number of benzene rings is 1. The molecule has 0 spiro atoms. The van der Waals surface area contributed by atoms with Gasteiger partial charge < -0.3 is 5.32 Å². The molecule has 108 valence electrons. The van der Waals surface area contributed by atoms with Crippen LogP contribution >= 0.6 is 0 Å². The number of nitrogens with zero attached hydrogens (tertiary/aromatic N) is 1. The van der Waals surface area contributed by atoms with Gasteiger partial charge in [0, 0.05) is 6.54 Å². The van der Waals surface area contributed by atoms with Crippen molar-refractivity contribution in [1.29, 1.82) is 0 Å². The summed E-state index contributed by atoms with van der Waals surface area (Å²) in [4.78, 5) is 25.0. The average molecular weight is 278 g/mol. The molecule has 0 aromatic heterocycles. The van der Waals surface area contributed by atoms with Crippen molar-refractivity contribution in [2.45, 2.75) is 32.2 Å². The van der Waals surface area contributed by atoms with Gasteiger partial charge in [-0.25, -0.2) is 4.39 Å². The van der Waals surface area contributed by atoms with E-state index in [9.17, 15) is 14.0 Å². The van der Waals surface area contributed by atoms with Gasteiger partial charge in [-0.05, 0) is 37.1 Å². The van der Waals surface area contributed by atoms with Crippen LogP contribution in [-0.4, -0.2) is 35.8 Å². The van der Waals surface area contributed by atoms with Crippen LogP contribution in [0.2, 0.25) is 0 Å². The lowest BCUT2D eigenvalue weighted by Gasteiger charge is -2.14. The standard InChI is InChI=1S/C15H19FN2O2/c1-2-8-18-14(19)10-13(15(18)20)17-7-6-11-4-3-5-12(16)9-11/h3-5,9,13,17H,2,6-8,10H2,1H3. The fraction of sp³-hybridized carbons (Fsp3) is 0.467. The fourth-order valence-electron chi connectivity index (χ4n) is 2.38. The van der Waals surface area contributed by atoms with Crippen LogP contribution in [0.15, 0.2) is 24.3 Å². The molecule has 1 unspecified atom stereocenters. The predicted molar refractivity (Wildman–Crippen MR) is 73.5 cm³/mol. The summed E-state index contributed by atoms with van der Waals surface area (Å²) < 4.78 is 13.0. The normalized spacial score (nSPS) is 18.9. The van der Waals surface area contributed by atoms with Crippen molar-refractivity contribution in [3.05, 3.63) is 35.6 Å². The Bertz CT molecular complexity index is 504. The van der Waals surface area contributed by atoms with Gasteiger partial charge in [0.15, 0.2) is 0 Å². The summed E-state index contributed by atoms with van der Waals surface area (Å²) in [7, 11) is 0. The minimum absolute atomic E-state index is 0.111. The second-order valence-electron chi connectivity index (χ2n) is 4.97. The average Bonchev–Trinajstić information content (AvgIpc) is 2.67. The number of imide groups is 1. The van der Waals surface area contributed by atoms with Crippen LogP contribution in [0.1, 0.15) is 25.3 Å². The molecule has 5 heteroatoms. The van der Waals surface area contributed by atoms with Gasteiger partial charge in [-0.2, -0.15) is 0 Å². The number of hydrogen-bond acceptors (Lipinski definition) is 3. The molecule has 2 amide bonds. The maximum Gasteiger partial charge on any atom is 0.246 e. The van der Waals surface area contributed by atoms with E-state index in [2.05, 4.69) is 5.32 Å². The monoisotopic (exact) mass is 278 g/mol. The molecule has 1 saturated heterocycles. The van der Waals surface area contributed by atoms with Gasteiger partial charge in [0.05, 0.1) is 12.5 Å². The highest BCUT2D eigenvalue weighted by molar-refractivity contribution is 6.05. The minimum atomic E-state index is -0.428. The SMILES string of the molecule is CCCN1C(=O)CC(NCCc2cccc(F)c2)C1=O. The predicted octanol–water partition coefficient (Wildman–Crippen LogP) is 1.50. The van der Waals surface area contributed by atoms with E-state index in [-0.39, 0.29) is 24.1 Å². The van der Waals surface area contributed by atoms with Crippen LogP contribution in [0.25, 0.3) is 0 Å². The quantitative estimate of drug-likeness (QED) is 0.802. The van der Waals surface area contributed by atoms with Crippen LogP contribution in [0.3, 0.4) is 0 Å². The van der Waals surface area contributed by atoms with Crippen LogP contribution in [0.4, 0.5) is 4.39 Å². The molecule has 1 aliphatic heterocycles. The lowest BCUT2D eigenvalue weighted by Crippen LogP contribution is -2.39. The summed E-state index contributed by atoms with van der Waals surface area (Å²) in [6, 6.07) is 5.96. The first-order valence-electron chi connectivity index (χ1n) is 6.94. The van der Waals surface area contributed by atoms with Crippen LogP contribution in [0.5, 0.6) is 0 Å². The highest BCUT2D eigenvalue weighted by Crippen LogP contribution is 2.13. The number of likely N-dealkylation sites (tertiary alicyclic amines) is 1. The van der Waals surface area contributed by atoms with E-state index in [0.29, 0.717) is 19.5 Å². The number of amides is 2. The topological polar surface area (TPSA) is 49.4 Å². The van der Waals surface area contributed by atoms with Crippen molar-refractivity contribution >= 4 is 11.8 Å². The zero-order valence-electron chi connectivity index (χ0n) is 11.6. The molecule has 0 radical (unpaired) electrons. The molecule has 1 fully saturated rings. The molecule has 2 rings (SSSR count). The maximum absolute atomic E-state index is 13.0. The molecular weight excluding hydrogens is 259 g/mol. The Hall–Kier alpha value is -1.75. The van der Waals surface area contributed by atoms with Gasteiger partial charge in [0.25, 0.3) is 0 Å². The van der Waals surface area contributed by atoms with E-state index in [1.165, 1.54) is 17.0 Å². The number of carbonyl (C=O) groups excluding carboxylic acids is 2. The summed E-state index contributed by atoms with van der Waals surface area (Å²) in [5.41, 5.74) is 0.875. The summed E-state index contributed by atoms with van der Waals surface area (Å²) >= 11 is 0. The second kappa shape index (κ2) is 6.61. The molecular formula is C15H19FN2O2. The third-order valence-electron chi connectivity index (χ3n) is 3.38. The largest absolute Gasteiger partial charge is 0.305 e. The Kier molecular flexibility index (Phi) is 4.84. The van der Waals surface area contributed by atoms with Crippen molar-refractivity contribution in [2.24, 2.45) is 0 Å². The Morgan fingerprint density at radius 3 is 2.90 bits per heavy atom. The number of halogens is 1. The first-order chi connectivity index (χ1) is 9.61. The smallest absolute Gasteiger partial charge is 0.246 e. The third-order valence-corrected chi connectivity index (χ3v) is 3.38. The van der Waals surface area contributed by atoms with Gasteiger partial charge in [0.2, 0.25) is 11.8 Å². The number of nitrogens with one attached hydrogen (secondary N) is 1. The fourth-order valence-corrected chi connectivity index (χ4v) is 2.38. The Morgan fingerprint density at radius 1 is 1.40 bits per heavy atom. The zero-order valence-corrected chi connectivity index (χ0v) is 11.6. The number of hydrogen-bond donors (Lipinski definition) is 1. The van der Waals surface area contributed by atoms with Crippen molar-refractivity contribution in [1.82, 2.24) is 10.2 Å². The summed E-state index contributed by atoms with van der Waals surface area (Å²) in [6.45, 7) is 2.97. The maximum atomic E-state index is 13.0. The third kappa shape index (κ3) is 3.42. The Balaban J connectivity index is 1.83. The van der Waals surface area contributed by atoms with E-state index in [1.54, 1.807) is 6.07 Å². The van der Waals surface area contributed by atoms with Crippen molar-refractivity contribution < 1.29 is 14.0 Å². The van der Waals surface area contributed by atoms with Crippen LogP contribution in [-0.2, 0) is 16.0 Å². The molecule has 0 aliphatic carbocycles. The van der Waals surface area contributed by atoms with Crippen LogP contribution in [0, 0.1) is 5.82 Å². The van der Waals surface area contributed by atoms with E-state index in [1.807, 2.05) is 13.0 Å². The molecule has 0 bridgehead atoms. The molecule has 1 aliphatic rings. The highest BCUT2D eigenvalue weighted by atomic mass is 19.1. The molecule has 1 heterocycles. The molecule has 4 nitrogen and oxygen atoms in total. The first kappa shape index (κ1) is 14.7. The molecule has 0 saturated carbocycles. The lowest BCUT2D eigenvalue weighted by molar-refractivity contribution is -0.138. The Labute approximate surface area is 118 Å². The van der Waals surface area contributed by atoms with Gasteiger partial charge >= 0.3 is 0 Å².